The highest BCUT2D eigenvalue weighted by molar-refractivity contribution is 6.19. The number of rotatable bonds is 1. The molecule has 0 saturated heterocycles. The molecule has 162 valence electrons. The average Bonchev–Trinajstić information content (AvgIpc) is 3.28. The van der Waals surface area contributed by atoms with Gasteiger partial charge in [0.25, 0.3) is 0 Å². The Kier molecular flexibility index (Phi) is 3.72. The zero-order valence-electron chi connectivity index (χ0n) is 19.0. The average molecular weight is 445 g/mol. The summed E-state index contributed by atoms with van der Waals surface area (Å²) in [5.41, 5.74) is 4.31. The van der Waals surface area contributed by atoms with Crippen LogP contribution in [0.3, 0.4) is 0 Å². The van der Waals surface area contributed by atoms with E-state index in [0.717, 1.165) is 16.6 Å². The van der Waals surface area contributed by atoms with Crippen molar-refractivity contribution >= 4 is 65.0 Å². The molecule has 1 aromatic heterocycles. The van der Waals surface area contributed by atoms with Crippen LogP contribution in [0.25, 0.3) is 76.2 Å². The van der Waals surface area contributed by atoms with Crippen molar-refractivity contribution < 1.29 is 4.42 Å². The van der Waals surface area contributed by atoms with Gasteiger partial charge in [-0.05, 0) is 84.5 Å². The molecule has 0 amide bonds. The van der Waals surface area contributed by atoms with Crippen LogP contribution < -0.4 is 0 Å². The molecule has 0 N–H and O–H groups in total. The van der Waals surface area contributed by atoms with Crippen molar-refractivity contribution in [2.75, 3.05) is 0 Å². The molecule has 0 fully saturated rings. The molecule has 0 aliphatic carbocycles. The highest BCUT2D eigenvalue weighted by Crippen LogP contribution is 2.41. The molecule has 1 heteroatoms. The fraction of sp³-hybridized carbons (Fsp3) is 0. The largest absolute Gasteiger partial charge is 0.456 e. The predicted octanol–water partition coefficient (Wildman–Crippen LogP) is 9.87. The van der Waals surface area contributed by atoms with Crippen LogP contribution in [0.5, 0.6) is 0 Å². The molecule has 7 aromatic carbocycles. The molecule has 8 aromatic rings. The van der Waals surface area contributed by atoms with E-state index in [2.05, 4.69) is 121 Å². The van der Waals surface area contributed by atoms with Crippen molar-refractivity contribution in [2.45, 2.75) is 0 Å². The van der Waals surface area contributed by atoms with E-state index < -0.39 is 0 Å². The van der Waals surface area contributed by atoms with Crippen molar-refractivity contribution in [2.24, 2.45) is 0 Å². The Hall–Kier alpha value is -4.62. The number of hydrogen-bond donors (Lipinski definition) is 0. The Morgan fingerprint density at radius 2 is 0.971 bits per heavy atom. The molecule has 0 atom stereocenters. The molecule has 0 aliphatic rings. The number of fused-ring (bicyclic) bond motifs is 8. The Morgan fingerprint density at radius 3 is 1.89 bits per heavy atom. The second-order valence-corrected chi connectivity index (χ2v) is 9.36. The van der Waals surface area contributed by atoms with Crippen LogP contribution in [0.1, 0.15) is 0 Å². The van der Waals surface area contributed by atoms with Crippen LogP contribution in [0.4, 0.5) is 0 Å². The van der Waals surface area contributed by atoms with Gasteiger partial charge >= 0.3 is 0 Å². The highest BCUT2D eigenvalue weighted by atomic mass is 16.3. The van der Waals surface area contributed by atoms with E-state index in [0.29, 0.717) is 0 Å². The van der Waals surface area contributed by atoms with Crippen molar-refractivity contribution in [3.8, 4) is 11.1 Å². The minimum atomic E-state index is 0.927. The van der Waals surface area contributed by atoms with E-state index in [1.54, 1.807) is 0 Å². The van der Waals surface area contributed by atoms with E-state index in [9.17, 15) is 0 Å². The van der Waals surface area contributed by atoms with E-state index in [1.165, 1.54) is 59.6 Å². The maximum Gasteiger partial charge on any atom is 0.136 e. The summed E-state index contributed by atoms with van der Waals surface area (Å²) in [5.74, 6) is 0. The fourth-order valence-corrected chi connectivity index (χ4v) is 5.75. The molecule has 0 aliphatic heterocycles. The number of hydrogen-bond acceptors (Lipinski definition) is 1. The molecular weight excluding hydrogens is 424 g/mol. The van der Waals surface area contributed by atoms with Gasteiger partial charge in [-0.3, -0.25) is 0 Å². The van der Waals surface area contributed by atoms with Gasteiger partial charge in [-0.2, -0.15) is 0 Å². The van der Waals surface area contributed by atoms with Crippen molar-refractivity contribution in [3.05, 3.63) is 121 Å². The molecule has 0 bridgehead atoms. The zero-order chi connectivity index (χ0) is 22.9. The van der Waals surface area contributed by atoms with Gasteiger partial charge in [0, 0.05) is 10.8 Å². The molecule has 0 radical (unpaired) electrons. The number of benzene rings is 7. The van der Waals surface area contributed by atoms with E-state index >= 15 is 0 Å². The summed E-state index contributed by atoms with van der Waals surface area (Å²) < 4.78 is 6.35. The van der Waals surface area contributed by atoms with E-state index in [1.807, 2.05) is 0 Å². The summed E-state index contributed by atoms with van der Waals surface area (Å²) in [6.07, 6.45) is 0. The van der Waals surface area contributed by atoms with Gasteiger partial charge in [0.1, 0.15) is 11.2 Å². The first-order chi connectivity index (χ1) is 17.3. The number of furan rings is 1. The summed E-state index contributed by atoms with van der Waals surface area (Å²) in [7, 11) is 0. The third kappa shape index (κ3) is 2.70. The molecule has 1 nitrogen and oxygen atoms in total. The van der Waals surface area contributed by atoms with Crippen LogP contribution in [-0.2, 0) is 0 Å². The maximum atomic E-state index is 6.35. The van der Waals surface area contributed by atoms with E-state index in [-0.39, 0.29) is 0 Å². The molecular formula is C34H20O. The highest BCUT2D eigenvalue weighted by Gasteiger charge is 2.15. The van der Waals surface area contributed by atoms with Gasteiger partial charge in [-0.15, -0.1) is 0 Å². The van der Waals surface area contributed by atoms with Crippen molar-refractivity contribution in [1.82, 2.24) is 0 Å². The predicted molar refractivity (Wildman–Crippen MR) is 149 cm³/mol. The van der Waals surface area contributed by atoms with Gasteiger partial charge in [0.2, 0.25) is 0 Å². The van der Waals surface area contributed by atoms with E-state index in [4.69, 9.17) is 4.42 Å². The summed E-state index contributed by atoms with van der Waals surface area (Å²) >= 11 is 0. The quantitative estimate of drug-likeness (QED) is 0.181. The van der Waals surface area contributed by atoms with Crippen molar-refractivity contribution in [3.63, 3.8) is 0 Å². The standard InChI is InChI=1S/C34H20O/c1-2-9-23-20-33-31(17-22(23)8-1)34-28(13-6-14-32(34)35-33)27-12-5-10-24-18-29-25(19-30(24)27)16-15-21-7-3-4-11-26(21)29/h1-20H. The summed E-state index contributed by atoms with van der Waals surface area (Å²) in [6.45, 7) is 0. The zero-order valence-corrected chi connectivity index (χ0v) is 19.0. The van der Waals surface area contributed by atoms with Gasteiger partial charge in [-0.1, -0.05) is 91.0 Å². The molecule has 0 saturated carbocycles. The molecule has 0 spiro atoms. The Labute approximate surface area is 201 Å². The maximum absolute atomic E-state index is 6.35. The minimum Gasteiger partial charge on any atom is -0.456 e. The third-order valence-corrected chi connectivity index (χ3v) is 7.40. The monoisotopic (exact) mass is 444 g/mol. The molecule has 0 unspecified atom stereocenters. The van der Waals surface area contributed by atoms with Crippen LogP contribution in [0.15, 0.2) is 126 Å². The molecule has 1 heterocycles. The summed E-state index contributed by atoms with van der Waals surface area (Å²) in [5, 5.41) is 12.4. The first-order valence-corrected chi connectivity index (χ1v) is 12.0. The summed E-state index contributed by atoms with van der Waals surface area (Å²) in [4.78, 5) is 0. The second-order valence-electron chi connectivity index (χ2n) is 9.36. The molecule has 8 rings (SSSR count). The molecule has 35 heavy (non-hydrogen) atoms. The SMILES string of the molecule is c1ccc2cc3c(cc2c1)oc1cccc(-c2cccc4cc5c(ccc6ccccc65)cc24)c13. The van der Waals surface area contributed by atoms with Crippen LogP contribution >= 0.6 is 0 Å². The van der Waals surface area contributed by atoms with Gasteiger partial charge in [0.05, 0.1) is 0 Å². The Morgan fingerprint density at radius 1 is 0.343 bits per heavy atom. The topological polar surface area (TPSA) is 13.1 Å². The normalized spacial score (nSPS) is 12.0. The van der Waals surface area contributed by atoms with Crippen LogP contribution in [0.2, 0.25) is 0 Å². The van der Waals surface area contributed by atoms with Gasteiger partial charge in [-0.25, -0.2) is 0 Å². The smallest absolute Gasteiger partial charge is 0.136 e. The van der Waals surface area contributed by atoms with Crippen LogP contribution in [-0.4, -0.2) is 0 Å². The van der Waals surface area contributed by atoms with Gasteiger partial charge in [0.15, 0.2) is 0 Å². The third-order valence-electron chi connectivity index (χ3n) is 7.40. The second kappa shape index (κ2) is 6.94. The van der Waals surface area contributed by atoms with Gasteiger partial charge < -0.3 is 4.42 Å². The minimum absolute atomic E-state index is 0.927. The van der Waals surface area contributed by atoms with Crippen molar-refractivity contribution in [1.29, 1.82) is 0 Å². The van der Waals surface area contributed by atoms with Crippen LogP contribution in [0, 0.1) is 0 Å². The Balaban J connectivity index is 1.47. The lowest BCUT2D eigenvalue weighted by Crippen LogP contribution is -1.85. The fourth-order valence-electron chi connectivity index (χ4n) is 5.75. The first kappa shape index (κ1) is 18.8. The Bertz CT molecular complexity index is 2110. The summed E-state index contributed by atoms with van der Waals surface area (Å²) in [6, 6.07) is 43.8. The lowest BCUT2D eigenvalue weighted by atomic mass is 9.91. The first-order valence-electron chi connectivity index (χ1n) is 12.0. The lowest BCUT2D eigenvalue weighted by molar-refractivity contribution is 0.669. The lowest BCUT2D eigenvalue weighted by Gasteiger charge is -2.11.